The number of hydrogen-bond donors (Lipinski definition) is 1. The molecule has 0 fully saturated rings. The molecule has 0 saturated heterocycles. The molecule has 1 nitrogen and oxygen atoms in total. The zero-order valence-electron chi connectivity index (χ0n) is 10.7. The third kappa shape index (κ3) is 2.55. The number of benzene rings is 3. The first-order chi connectivity index (χ1) is 9.66. The highest BCUT2D eigenvalue weighted by Gasteiger charge is 2.13. The maximum absolute atomic E-state index is 6.44. The minimum atomic E-state index is -0.144. The van der Waals surface area contributed by atoms with Gasteiger partial charge in [0, 0.05) is 14.0 Å². The summed E-state index contributed by atoms with van der Waals surface area (Å²) in [7, 11) is 0. The van der Waals surface area contributed by atoms with E-state index >= 15 is 0 Å². The first-order valence-electron chi connectivity index (χ1n) is 6.35. The third-order valence-corrected chi connectivity index (χ3v) is 4.52. The van der Waals surface area contributed by atoms with Crippen molar-refractivity contribution in [2.24, 2.45) is 5.73 Å². The van der Waals surface area contributed by atoms with Gasteiger partial charge in [-0.15, -0.1) is 0 Å². The minimum Gasteiger partial charge on any atom is -0.320 e. The molecule has 0 aliphatic heterocycles. The number of halogens is 2. The maximum atomic E-state index is 6.44. The molecule has 3 aromatic rings. The van der Waals surface area contributed by atoms with Gasteiger partial charge in [0.25, 0.3) is 0 Å². The Morgan fingerprint density at radius 3 is 2.20 bits per heavy atom. The zero-order chi connectivity index (χ0) is 14.1. The highest BCUT2D eigenvalue weighted by Crippen LogP contribution is 2.31. The van der Waals surface area contributed by atoms with E-state index in [0.29, 0.717) is 0 Å². The Morgan fingerprint density at radius 1 is 0.850 bits per heavy atom. The van der Waals surface area contributed by atoms with Gasteiger partial charge in [-0.1, -0.05) is 54.1 Å². The van der Waals surface area contributed by atoms with E-state index in [-0.39, 0.29) is 6.04 Å². The number of fused-ring (bicyclic) bond motifs is 1. The Bertz CT molecular complexity index is 753. The Morgan fingerprint density at radius 2 is 1.50 bits per heavy atom. The first-order valence-corrected chi connectivity index (χ1v) is 7.80. The van der Waals surface area contributed by atoms with Gasteiger partial charge in [0.1, 0.15) is 0 Å². The Hall–Kier alpha value is -1.10. The summed E-state index contributed by atoms with van der Waals surface area (Å²) in [5.74, 6) is 0. The normalized spacial score (nSPS) is 12.6. The summed E-state index contributed by atoms with van der Waals surface area (Å²) < 4.78 is 1.21. The largest absolute Gasteiger partial charge is 0.320 e. The van der Waals surface area contributed by atoms with Crippen LogP contribution in [-0.2, 0) is 0 Å². The lowest BCUT2D eigenvalue weighted by Crippen LogP contribution is -2.12. The predicted octanol–water partition coefficient (Wildman–Crippen LogP) is 5.15. The summed E-state index contributed by atoms with van der Waals surface area (Å²) in [5.41, 5.74) is 8.65. The van der Waals surface area contributed by atoms with Gasteiger partial charge in [-0.25, -0.2) is 0 Å². The van der Waals surface area contributed by atoms with E-state index in [1.54, 1.807) is 0 Å². The molecule has 0 saturated carbocycles. The highest BCUT2D eigenvalue weighted by atomic mass is 127. The molecular formula is C17H13ClIN. The van der Waals surface area contributed by atoms with Crippen LogP contribution in [0.4, 0.5) is 0 Å². The molecule has 0 bridgehead atoms. The molecule has 1 unspecified atom stereocenters. The quantitative estimate of drug-likeness (QED) is 0.599. The van der Waals surface area contributed by atoms with Crippen LogP contribution in [-0.4, -0.2) is 0 Å². The van der Waals surface area contributed by atoms with Crippen molar-refractivity contribution in [2.45, 2.75) is 6.04 Å². The topological polar surface area (TPSA) is 26.0 Å². The van der Waals surface area contributed by atoms with Gasteiger partial charge in [0.05, 0.1) is 6.04 Å². The highest BCUT2D eigenvalue weighted by molar-refractivity contribution is 14.1. The van der Waals surface area contributed by atoms with Crippen LogP contribution in [0.1, 0.15) is 17.2 Å². The summed E-state index contributed by atoms with van der Waals surface area (Å²) in [6.45, 7) is 0. The van der Waals surface area contributed by atoms with E-state index in [0.717, 1.165) is 26.9 Å². The van der Waals surface area contributed by atoms with Crippen LogP contribution in [0.3, 0.4) is 0 Å². The van der Waals surface area contributed by atoms with Crippen LogP contribution in [0.15, 0.2) is 60.7 Å². The van der Waals surface area contributed by atoms with Gasteiger partial charge in [0.15, 0.2) is 0 Å². The van der Waals surface area contributed by atoms with Gasteiger partial charge in [-0.2, -0.15) is 0 Å². The van der Waals surface area contributed by atoms with Gasteiger partial charge < -0.3 is 5.73 Å². The molecule has 0 aromatic heterocycles. The molecule has 1 atom stereocenters. The van der Waals surface area contributed by atoms with Crippen molar-refractivity contribution in [3.63, 3.8) is 0 Å². The van der Waals surface area contributed by atoms with Crippen LogP contribution in [0.25, 0.3) is 10.8 Å². The monoisotopic (exact) mass is 393 g/mol. The van der Waals surface area contributed by atoms with E-state index in [4.69, 9.17) is 17.3 Å². The fourth-order valence-corrected chi connectivity index (χ4v) is 2.99. The maximum Gasteiger partial charge on any atom is 0.0557 e. The number of nitrogens with two attached hydrogens (primary N) is 1. The summed E-state index contributed by atoms with van der Waals surface area (Å²) in [5, 5.41) is 2.93. The lowest BCUT2D eigenvalue weighted by atomic mass is 9.94. The summed E-state index contributed by atoms with van der Waals surface area (Å²) in [6, 6.07) is 20.2. The number of hydrogen-bond acceptors (Lipinski definition) is 1. The van der Waals surface area contributed by atoms with Crippen molar-refractivity contribution < 1.29 is 0 Å². The lowest BCUT2D eigenvalue weighted by Gasteiger charge is -2.16. The second-order valence-electron chi connectivity index (χ2n) is 4.71. The zero-order valence-corrected chi connectivity index (χ0v) is 13.6. The molecule has 0 aliphatic rings. The van der Waals surface area contributed by atoms with E-state index in [9.17, 15) is 0 Å². The molecule has 0 aliphatic carbocycles. The SMILES string of the molecule is NC(c1ccc(I)cc1)c1ccc(Cl)c2ccccc12. The molecule has 2 N–H and O–H groups in total. The Balaban J connectivity index is 2.14. The molecule has 0 radical (unpaired) electrons. The van der Waals surface area contributed by atoms with Gasteiger partial charge in [-0.05, 0) is 57.3 Å². The molecule has 20 heavy (non-hydrogen) atoms. The average Bonchev–Trinajstić information content (AvgIpc) is 2.48. The fourth-order valence-electron chi connectivity index (χ4n) is 2.41. The summed E-state index contributed by atoms with van der Waals surface area (Å²) in [6.07, 6.45) is 0. The molecular weight excluding hydrogens is 381 g/mol. The van der Waals surface area contributed by atoms with Crippen LogP contribution < -0.4 is 5.73 Å². The van der Waals surface area contributed by atoms with Crippen molar-refractivity contribution in [1.29, 1.82) is 0 Å². The standard InChI is InChI=1S/C17H13ClIN/c18-16-10-9-15(13-3-1-2-4-14(13)16)17(20)11-5-7-12(19)8-6-11/h1-10,17H,20H2. The number of rotatable bonds is 2. The van der Waals surface area contributed by atoms with Gasteiger partial charge >= 0.3 is 0 Å². The second-order valence-corrected chi connectivity index (χ2v) is 6.36. The van der Waals surface area contributed by atoms with E-state index in [1.807, 2.05) is 30.3 Å². The van der Waals surface area contributed by atoms with Crippen LogP contribution >= 0.6 is 34.2 Å². The molecule has 3 heteroatoms. The lowest BCUT2D eigenvalue weighted by molar-refractivity contribution is 0.880. The summed E-state index contributed by atoms with van der Waals surface area (Å²) in [4.78, 5) is 0. The van der Waals surface area contributed by atoms with Crippen molar-refractivity contribution in [3.05, 3.63) is 80.4 Å². The second kappa shape index (κ2) is 5.72. The molecule has 0 spiro atoms. The average molecular weight is 394 g/mol. The van der Waals surface area contributed by atoms with Gasteiger partial charge in [-0.3, -0.25) is 0 Å². The predicted molar refractivity (Wildman–Crippen MR) is 94.1 cm³/mol. The van der Waals surface area contributed by atoms with Gasteiger partial charge in [0.2, 0.25) is 0 Å². The molecule has 3 aromatic carbocycles. The smallest absolute Gasteiger partial charge is 0.0557 e. The van der Waals surface area contributed by atoms with Crippen LogP contribution in [0.2, 0.25) is 5.02 Å². The Kier molecular flexibility index (Phi) is 3.96. The van der Waals surface area contributed by atoms with Crippen molar-refractivity contribution >= 4 is 45.0 Å². The van der Waals surface area contributed by atoms with Crippen molar-refractivity contribution in [3.8, 4) is 0 Å². The third-order valence-electron chi connectivity index (χ3n) is 3.47. The molecule has 3 rings (SSSR count). The van der Waals surface area contributed by atoms with Crippen LogP contribution in [0.5, 0.6) is 0 Å². The molecule has 0 heterocycles. The van der Waals surface area contributed by atoms with E-state index < -0.39 is 0 Å². The van der Waals surface area contributed by atoms with E-state index in [2.05, 4.69) is 52.9 Å². The van der Waals surface area contributed by atoms with E-state index in [1.165, 1.54) is 3.57 Å². The molecule has 0 amide bonds. The van der Waals surface area contributed by atoms with Crippen molar-refractivity contribution in [2.75, 3.05) is 0 Å². The Labute approximate surface area is 136 Å². The van der Waals surface area contributed by atoms with Crippen LogP contribution in [0, 0.1) is 3.57 Å². The minimum absolute atomic E-state index is 0.144. The van der Waals surface area contributed by atoms with Crippen molar-refractivity contribution in [1.82, 2.24) is 0 Å². The fraction of sp³-hybridized carbons (Fsp3) is 0.0588. The molecule has 100 valence electrons. The summed E-state index contributed by atoms with van der Waals surface area (Å²) >= 11 is 8.55. The first kappa shape index (κ1) is 13.9.